The minimum Gasteiger partial charge on any atom is -0.362 e. The molecule has 1 aromatic carbocycles. The van der Waals surface area contributed by atoms with Crippen molar-refractivity contribution in [3.05, 3.63) is 53.6 Å². The first-order chi connectivity index (χ1) is 7.49. The van der Waals surface area contributed by atoms with Gasteiger partial charge in [0.05, 0.1) is 0 Å². The van der Waals surface area contributed by atoms with E-state index >= 15 is 0 Å². The van der Waals surface area contributed by atoms with Gasteiger partial charge in [-0.05, 0) is 17.7 Å². The molecule has 0 spiro atoms. The van der Waals surface area contributed by atoms with Crippen molar-refractivity contribution in [2.75, 3.05) is 0 Å². The van der Waals surface area contributed by atoms with Crippen LogP contribution in [-0.4, -0.2) is 16.0 Å². The smallest absolute Gasteiger partial charge is 0.186 e. The van der Waals surface area contributed by atoms with Gasteiger partial charge in [-0.25, -0.2) is 8.78 Å². The zero-order valence-corrected chi connectivity index (χ0v) is 8.32. The van der Waals surface area contributed by atoms with Gasteiger partial charge in [-0.1, -0.05) is 24.3 Å². The lowest BCUT2D eigenvalue weighted by Crippen LogP contribution is -2.25. The molecule has 2 rings (SSSR count). The van der Waals surface area contributed by atoms with Crippen LogP contribution in [0.5, 0.6) is 0 Å². The van der Waals surface area contributed by atoms with Crippen LogP contribution in [0.15, 0.2) is 36.4 Å². The highest BCUT2D eigenvalue weighted by molar-refractivity contribution is 5.75. The Hall–Kier alpha value is -1.52. The number of benzene rings is 1. The average molecular weight is 224 g/mol. The van der Waals surface area contributed by atoms with Gasteiger partial charge in [-0.15, -0.1) is 0 Å². The zero-order valence-electron chi connectivity index (χ0n) is 8.32. The van der Waals surface area contributed by atoms with E-state index in [0.29, 0.717) is 5.57 Å². The average Bonchev–Trinajstić information content (AvgIpc) is 2.23. The molecule has 0 atom stereocenters. The van der Waals surface area contributed by atoms with E-state index in [1.807, 2.05) is 0 Å². The highest BCUT2D eigenvalue weighted by atomic mass is 19.2. The minimum absolute atomic E-state index is 0.0468. The quantitative estimate of drug-likeness (QED) is 0.716. The lowest BCUT2D eigenvalue weighted by Gasteiger charge is -2.20. The molecule has 0 aliphatic heterocycles. The molecule has 0 amide bonds. The van der Waals surface area contributed by atoms with Crippen LogP contribution in [0.4, 0.5) is 8.78 Å². The first-order valence-electron chi connectivity index (χ1n) is 4.78. The van der Waals surface area contributed by atoms with Crippen LogP contribution in [0.1, 0.15) is 12.0 Å². The number of hydrogen-bond donors (Lipinski definition) is 2. The van der Waals surface area contributed by atoms with Crippen molar-refractivity contribution in [2.24, 2.45) is 0 Å². The first-order valence-corrected chi connectivity index (χ1v) is 4.78. The Morgan fingerprint density at radius 2 is 1.94 bits per heavy atom. The highest BCUT2D eigenvalue weighted by Gasteiger charge is 2.22. The molecule has 0 saturated carbocycles. The first kappa shape index (κ1) is 11.0. The summed E-state index contributed by atoms with van der Waals surface area (Å²) in [5.74, 6) is -3.74. The van der Waals surface area contributed by atoms with Gasteiger partial charge in [0, 0.05) is 12.0 Å². The minimum atomic E-state index is -1.90. The summed E-state index contributed by atoms with van der Waals surface area (Å²) in [6.45, 7) is 0. The maximum absolute atomic E-state index is 13.4. The Balaban J connectivity index is 2.38. The van der Waals surface area contributed by atoms with Crippen molar-refractivity contribution in [3.63, 3.8) is 0 Å². The Bertz CT molecular complexity index is 476. The van der Waals surface area contributed by atoms with Crippen molar-refractivity contribution in [1.82, 2.24) is 0 Å². The second-order valence-electron chi connectivity index (χ2n) is 3.68. The Morgan fingerprint density at radius 1 is 1.19 bits per heavy atom. The maximum atomic E-state index is 13.4. The second-order valence-corrected chi connectivity index (χ2v) is 3.68. The summed E-state index contributed by atoms with van der Waals surface area (Å²) in [6.07, 6.45) is 3.92. The van der Waals surface area contributed by atoms with E-state index < -0.39 is 17.4 Å². The van der Waals surface area contributed by atoms with Gasteiger partial charge >= 0.3 is 0 Å². The third-order valence-electron chi connectivity index (χ3n) is 2.41. The van der Waals surface area contributed by atoms with Gasteiger partial charge in [-0.3, -0.25) is 0 Å². The summed E-state index contributed by atoms with van der Waals surface area (Å²) in [5, 5.41) is 18.4. The predicted octanol–water partition coefficient (Wildman–Crippen LogP) is 1.99. The molecule has 0 aromatic heterocycles. The van der Waals surface area contributed by atoms with Gasteiger partial charge < -0.3 is 10.2 Å². The van der Waals surface area contributed by atoms with Crippen molar-refractivity contribution in [2.45, 2.75) is 12.2 Å². The lowest BCUT2D eigenvalue weighted by molar-refractivity contribution is -0.114. The van der Waals surface area contributed by atoms with Crippen LogP contribution in [-0.2, 0) is 0 Å². The third kappa shape index (κ3) is 2.03. The largest absolute Gasteiger partial charge is 0.362 e. The molecule has 0 heterocycles. The zero-order chi connectivity index (χ0) is 11.8. The Kier molecular flexibility index (Phi) is 2.61. The summed E-state index contributed by atoms with van der Waals surface area (Å²) in [5.41, 5.74) is 0.558. The van der Waals surface area contributed by atoms with E-state index in [1.54, 1.807) is 0 Å². The van der Waals surface area contributed by atoms with Crippen molar-refractivity contribution < 1.29 is 19.0 Å². The van der Waals surface area contributed by atoms with Crippen LogP contribution in [0.2, 0.25) is 0 Å². The van der Waals surface area contributed by atoms with Crippen LogP contribution in [0, 0.1) is 11.6 Å². The van der Waals surface area contributed by atoms with Crippen molar-refractivity contribution >= 4 is 5.57 Å². The fourth-order valence-electron chi connectivity index (χ4n) is 1.55. The van der Waals surface area contributed by atoms with Gasteiger partial charge in [0.25, 0.3) is 0 Å². The summed E-state index contributed by atoms with van der Waals surface area (Å²) >= 11 is 0. The molecule has 2 N–H and O–H groups in total. The highest BCUT2D eigenvalue weighted by Crippen LogP contribution is 2.27. The molecule has 4 heteroatoms. The predicted molar refractivity (Wildman–Crippen MR) is 55.3 cm³/mol. The van der Waals surface area contributed by atoms with Gasteiger partial charge in [0.1, 0.15) is 0 Å². The van der Waals surface area contributed by atoms with E-state index in [9.17, 15) is 19.0 Å². The molecule has 0 radical (unpaired) electrons. The van der Waals surface area contributed by atoms with E-state index in [0.717, 1.165) is 12.1 Å². The monoisotopic (exact) mass is 224 g/mol. The third-order valence-corrected chi connectivity index (χ3v) is 2.41. The summed E-state index contributed by atoms with van der Waals surface area (Å²) in [4.78, 5) is 0. The summed E-state index contributed by atoms with van der Waals surface area (Å²) in [6, 6.07) is 3.88. The number of hydrogen-bond acceptors (Lipinski definition) is 2. The SMILES string of the molecule is OC1(O)C=CC(c2cccc(F)c2F)=CC1. The molecule has 2 nitrogen and oxygen atoms in total. The summed E-state index contributed by atoms with van der Waals surface area (Å²) < 4.78 is 26.4. The topological polar surface area (TPSA) is 40.5 Å². The fourth-order valence-corrected chi connectivity index (χ4v) is 1.55. The Labute approximate surface area is 91.2 Å². The lowest BCUT2D eigenvalue weighted by atomic mass is 9.96. The molecular weight excluding hydrogens is 214 g/mol. The normalized spacial score (nSPS) is 18.4. The van der Waals surface area contributed by atoms with E-state index in [4.69, 9.17) is 0 Å². The molecule has 0 bridgehead atoms. The Morgan fingerprint density at radius 3 is 2.56 bits per heavy atom. The van der Waals surface area contributed by atoms with E-state index in [-0.39, 0.29) is 12.0 Å². The van der Waals surface area contributed by atoms with Crippen molar-refractivity contribution in [3.8, 4) is 0 Å². The number of rotatable bonds is 1. The van der Waals surface area contributed by atoms with E-state index in [1.165, 1.54) is 24.3 Å². The van der Waals surface area contributed by atoms with Crippen LogP contribution in [0.25, 0.3) is 5.57 Å². The molecule has 84 valence electrons. The van der Waals surface area contributed by atoms with Crippen molar-refractivity contribution in [1.29, 1.82) is 0 Å². The van der Waals surface area contributed by atoms with Crippen LogP contribution >= 0.6 is 0 Å². The molecule has 1 aromatic rings. The molecule has 0 unspecified atom stereocenters. The number of halogens is 2. The summed E-state index contributed by atoms with van der Waals surface area (Å²) in [7, 11) is 0. The van der Waals surface area contributed by atoms with Gasteiger partial charge in [0.2, 0.25) is 0 Å². The number of aliphatic hydroxyl groups is 2. The number of allylic oxidation sites excluding steroid dienone is 2. The van der Waals surface area contributed by atoms with Crippen LogP contribution < -0.4 is 0 Å². The second kappa shape index (κ2) is 3.81. The molecule has 0 fully saturated rings. The standard InChI is InChI=1S/C12H10F2O2/c13-10-3-1-2-9(11(10)14)8-4-6-12(15,16)7-5-8/h1-6,15-16H,7H2. The molecular formula is C12H10F2O2. The van der Waals surface area contributed by atoms with Gasteiger partial charge in [0.15, 0.2) is 17.4 Å². The maximum Gasteiger partial charge on any atom is 0.186 e. The van der Waals surface area contributed by atoms with E-state index in [2.05, 4.69) is 0 Å². The molecule has 0 saturated heterocycles. The van der Waals surface area contributed by atoms with Gasteiger partial charge in [-0.2, -0.15) is 0 Å². The molecule has 1 aliphatic carbocycles. The molecule has 16 heavy (non-hydrogen) atoms. The fraction of sp³-hybridized carbons (Fsp3) is 0.167. The van der Waals surface area contributed by atoms with Crippen LogP contribution in [0.3, 0.4) is 0 Å². The molecule has 1 aliphatic rings.